The van der Waals surface area contributed by atoms with Gasteiger partial charge >= 0.3 is 0 Å². The zero-order valence-electron chi connectivity index (χ0n) is 15.7. The van der Waals surface area contributed by atoms with E-state index in [1.165, 1.54) is 0 Å². The largest absolute Gasteiger partial charge is 0.343 e. The second-order valence-corrected chi connectivity index (χ2v) is 6.78. The maximum absolute atomic E-state index is 12.4. The Labute approximate surface area is 148 Å². The summed E-state index contributed by atoms with van der Waals surface area (Å²) in [5.41, 5.74) is 5.00. The SMILES string of the molecule is CC[C@H](C)N(C)C(=O)CCc1c(C)nc2c3ccccc3nn2c1C. The van der Waals surface area contributed by atoms with Crippen molar-refractivity contribution in [3.63, 3.8) is 0 Å². The zero-order chi connectivity index (χ0) is 18.1. The summed E-state index contributed by atoms with van der Waals surface area (Å²) in [5, 5.41) is 5.74. The second kappa shape index (κ2) is 6.82. The summed E-state index contributed by atoms with van der Waals surface area (Å²) in [6.45, 7) is 8.26. The van der Waals surface area contributed by atoms with Crippen molar-refractivity contribution in [2.24, 2.45) is 0 Å². The normalized spacial score (nSPS) is 12.7. The minimum atomic E-state index is 0.180. The van der Waals surface area contributed by atoms with Crippen LogP contribution in [0.25, 0.3) is 16.6 Å². The molecule has 0 N–H and O–H groups in total. The summed E-state index contributed by atoms with van der Waals surface area (Å²) in [4.78, 5) is 19.0. The first-order chi connectivity index (χ1) is 11.9. The van der Waals surface area contributed by atoms with Crippen molar-refractivity contribution >= 4 is 22.5 Å². The Balaban J connectivity index is 1.92. The van der Waals surface area contributed by atoms with E-state index < -0.39 is 0 Å². The van der Waals surface area contributed by atoms with E-state index >= 15 is 0 Å². The number of rotatable bonds is 5. The highest BCUT2D eigenvalue weighted by atomic mass is 16.2. The topological polar surface area (TPSA) is 50.5 Å². The van der Waals surface area contributed by atoms with Gasteiger partial charge in [0.2, 0.25) is 5.91 Å². The third-order valence-electron chi connectivity index (χ3n) is 5.25. The lowest BCUT2D eigenvalue weighted by Crippen LogP contribution is -2.34. The molecule has 0 radical (unpaired) electrons. The van der Waals surface area contributed by atoms with Crippen LogP contribution in [0.3, 0.4) is 0 Å². The van der Waals surface area contributed by atoms with E-state index in [1.807, 2.05) is 47.7 Å². The van der Waals surface area contributed by atoms with Crippen molar-refractivity contribution in [3.05, 3.63) is 41.2 Å². The Morgan fingerprint density at radius 2 is 2.00 bits per heavy atom. The fraction of sp³-hybridized carbons (Fsp3) is 0.450. The molecule has 0 saturated heterocycles. The van der Waals surface area contributed by atoms with Crippen LogP contribution in [0.5, 0.6) is 0 Å². The van der Waals surface area contributed by atoms with Gasteiger partial charge < -0.3 is 4.90 Å². The Bertz CT molecular complexity index is 928. The highest BCUT2D eigenvalue weighted by Crippen LogP contribution is 2.23. The third kappa shape index (κ3) is 3.11. The van der Waals surface area contributed by atoms with Crippen LogP contribution in [-0.2, 0) is 11.2 Å². The summed E-state index contributed by atoms with van der Waals surface area (Å²) < 4.78 is 1.91. The molecule has 3 rings (SSSR count). The predicted octanol–water partition coefficient (Wildman–Crippen LogP) is 3.69. The van der Waals surface area contributed by atoms with Gasteiger partial charge in [-0.15, -0.1) is 0 Å². The van der Waals surface area contributed by atoms with Crippen molar-refractivity contribution < 1.29 is 4.79 Å². The van der Waals surface area contributed by atoms with E-state index in [4.69, 9.17) is 4.98 Å². The first kappa shape index (κ1) is 17.4. The molecular formula is C20H26N4O. The van der Waals surface area contributed by atoms with Gasteiger partial charge in [-0.2, -0.15) is 5.10 Å². The van der Waals surface area contributed by atoms with Crippen molar-refractivity contribution in [3.8, 4) is 0 Å². The number of carbonyl (C=O) groups excluding carboxylic acids is 1. The summed E-state index contributed by atoms with van der Waals surface area (Å²) in [6.07, 6.45) is 2.15. The number of amides is 1. The molecule has 0 bridgehead atoms. The van der Waals surface area contributed by atoms with Gasteiger partial charge in [0.15, 0.2) is 5.65 Å². The number of aromatic nitrogens is 3. The lowest BCUT2D eigenvalue weighted by molar-refractivity contribution is -0.131. The highest BCUT2D eigenvalue weighted by Gasteiger charge is 2.17. The fourth-order valence-electron chi connectivity index (χ4n) is 3.27. The van der Waals surface area contributed by atoms with Crippen LogP contribution in [0.2, 0.25) is 0 Å². The van der Waals surface area contributed by atoms with Crippen LogP contribution in [0, 0.1) is 13.8 Å². The standard InChI is InChI=1S/C20H26N4O/c1-6-13(2)23(5)19(25)12-11-16-14(3)21-20-17-9-7-8-10-18(17)22-24(20)15(16)4/h7-10,13H,6,11-12H2,1-5H3/t13-/m0/s1. The molecular weight excluding hydrogens is 312 g/mol. The predicted molar refractivity (Wildman–Crippen MR) is 101 cm³/mol. The fourth-order valence-corrected chi connectivity index (χ4v) is 3.27. The zero-order valence-corrected chi connectivity index (χ0v) is 15.7. The average Bonchev–Trinajstić information content (AvgIpc) is 2.99. The van der Waals surface area contributed by atoms with Crippen LogP contribution in [0.1, 0.15) is 43.6 Å². The monoisotopic (exact) mass is 338 g/mol. The minimum Gasteiger partial charge on any atom is -0.343 e. The van der Waals surface area contributed by atoms with E-state index in [0.717, 1.165) is 39.9 Å². The molecule has 2 aromatic heterocycles. The lowest BCUT2D eigenvalue weighted by Gasteiger charge is -2.24. The van der Waals surface area contributed by atoms with E-state index in [-0.39, 0.29) is 11.9 Å². The third-order valence-corrected chi connectivity index (χ3v) is 5.25. The van der Waals surface area contributed by atoms with Crippen LogP contribution in [0.4, 0.5) is 0 Å². The average molecular weight is 338 g/mol. The Morgan fingerprint density at radius 3 is 2.72 bits per heavy atom. The Morgan fingerprint density at radius 1 is 1.28 bits per heavy atom. The van der Waals surface area contributed by atoms with Crippen molar-refractivity contribution in [2.75, 3.05) is 7.05 Å². The summed E-state index contributed by atoms with van der Waals surface area (Å²) in [6, 6.07) is 8.32. The molecule has 5 nitrogen and oxygen atoms in total. The number of carbonyl (C=O) groups is 1. The molecule has 132 valence electrons. The van der Waals surface area contributed by atoms with Gasteiger partial charge in [-0.25, -0.2) is 9.50 Å². The van der Waals surface area contributed by atoms with Gasteiger partial charge in [0, 0.05) is 36.3 Å². The first-order valence-electron chi connectivity index (χ1n) is 8.93. The molecule has 1 amide bonds. The summed E-state index contributed by atoms with van der Waals surface area (Å²) in [7, 11) is 1.89. The molecule has 0 spiro atoms. The van der Waals surface area contributed by atoms with E-state index in [0.29, 0.717) is 12.8 Å². The smallest absolute Gasteiger partial charge is 0.222 e. The van der Waals surface area contributed by atoms with Gasteiger partial charge in [0.05, 0.1) is 5.52 Å². The Kier molecular flexibility index (Phi) is 4.75. The molecule has 0 aliphatic heterocycles. The molecule has 0 aliphatic carbocycles. The van der Waals surface area contributed by atoms with E-state index in [2.05, 4.69) is 25.9 Å². The molecule has 2 heterocycles. The maximum Gasteiger partial charge on any atom is 0.222 e. The first-order valence-corrected chi connectivity index (χ1v) is 8.93. The molecule has 3 aromatic rings. The van der Waals surface area contributed by atoms with Gasteiger partial charge in [-0.05, 0) is 51.3 Å². The number of hydrogen-bond donors (Lipinski definition) is 0. The summed E-state index contributed by atoms with van der Waals surface area (Å²) in [5.74, 6) is 0.180. The van der Waals surface area contributed by atoms with Crippen molar-refractivity contribution in [1.29, 1.82) is 0 Å². The van der Waals surface area contributed by atoms with Crippen LogP contribution in [0.15, 0.2) is 24.3 Å². The quantitative estimate of drug-likeness (QED) is 0.713. The number of nitrogens with zero attached hydrogens (tertiary/aromatic N) is 4. The van der Waals surface area contributed by atoms with Gasteiger partial charge in [0.1, 0.15) is 0 Å². The molecule has 0 saturated carbocycles. The van der Waals surface area contributed by atoms with E-state index in [1.54, 1.807) is 0 Å². The van der Waals surface area contributed by atoms with Gasteiger partial charge in [0.25, 0.3) is 0 Å². The van der Waals surface area contributed by atoms with Crippen molar-refractivity contribution in [1.82, 2.24) is 19.5 Å². The highest BCUT2D eigenvalue weighted by molar-refractivity contribution is 5.92. The summed E-state index contributed by atoms with van der Waals surface area (Å²) >= 11 is 0. The molecule has 1 aromatic carbocycles. The van der Waals surface area contributed by atoms with Gasteiger partial charge in [-0.3, -0.25) is 4.79 Å². The van der Waals surface area contributed by atoms with E-state index in [9.17, 15) is 4.79 Å². The number of fused-ring (bicyclic) bond motifs is 3. The number of benzene rings is 1. The van der Waals surface area contributed by atoms with Crippen molar-refractivity contribution in [2.45, 2.75) is 53.0 Å². The van der Waals surface area contributed by atoms with Crippen LogP contribution >= 0.6 is 0 Å². The van der Waals surface area contributed by atoms with Gasteiger partial charge in [-0.1, -0.05) is 19.1 Å². The van der Waals surface area contributed by atoms with Crippen LogP contribution in [-0.4, -0.2) is 38.5 Å². The number of hydrogen-bond acceptors (Lipinski definition) is 3. The minimum absolute atomic E-state index is 0.180. The van der Waals surface area contributed by atoms with Crippen LogP contribution < -0.4 is 0 Å². The molecule has 0 aliphatic rings. The number of aryl methyl sites for hydroxylation is 2. The molecule has 1 atom stereocenters. The Hall–Kier alpha value is -2.43. The molecule has 0 fully saturated rings. The molecule has 0 unspecified atom stereocenters. The second-order valence-electron chi connectivity index (χ2n) is 6.78. The molecule has 5 heteroatoms. The maximum atomic E-state index is 12.4. The lowest BCUT2D eigenvalue weighted by atomic mass is 10.1. The molecule has 25 heavy (non-hydrogen) atoms.